The normalized spacial score (nSPS) is 10.6. The molecule has 2 aromatic rings. The number of carbonyl (C=O) groups is 1. The van der Waals surface area contributed by atoms with E-state index in [0.717, 1.165) is 0 Å². The highest BCUT2D eigenvalue weighted by Gasteiger charge is 2.25. The lowest BCUT2D eigenvalue weighted by Crippen LogP contribution is -2.28. The number of nitrogens with two attached hydrogens (primary N) is 1. The molecule has 0 saturated heterocycles. The van der Waals surface area contributed by atoms with E-state index in [4.69, 9.17) is 21.0 Å². The number of carbonyl (C=O) groups excluding carboxylic acids is 1. The number of nitrogens with one attached hydrogen (secondary N) is 1. The first-order chi connectivity index (χ1) is 11.7. The molecule has 0 aliphatic rings. The van der Waals surface area contributed by atoms with E-state index < -0.39 is 11.7 Å². The summed E-state index contributed by atoms with van der Waals surface area (Å²) in [5.41, 5.74) is 8.64. The maximum Gasteiger partial charge on any atom is 0.421 e. The van der Waals surface area contributed by atoms with Crippen LogP contribution in [0.15, 0.2) is 17.4 Å². The third kappa shape index (κ3) is 3.67. The van der Waals surface area contributed by atoms with Gasteiger partial charge in [0.05, 0.1) is 11.9 Å². The predicted molar refractivity (Wildman–Crippen MR) is 92.8 cm³/mol. The van der Waals surface area contributed by atoms with Crippen LogP contribution >= 0.6 is 0 Å². The summed E-state index contributed by atoms with van der Waals surface area (Å²) in [6, 6.07) is 4.94. The number of hydrazone groups is 1. The minimum atomic E-state index is -0.722. The molecule has 25 heavy (non-hydrogen) atoms. The number of fused-ring (bicyclic) bond motifs is 1. The highest BCUT2D eigenvalue weighted by molar-refractivity contribution is 6.10. The zero-order valence-corrected chi connectivity index (χ0v) is 14.3. The van der Waals surface area contributed by atoms with Crippen LogP contribution in [0.4, 0.5) is 16.3 Å². The largest absolute Gasteiger partial charge is 0.443 e. The van der Waals surface area contributed by atoms with Crippen LogP contribution in [-0.4, -0.2) is 27.0 Å². The van der Waals surface area contributed by atoms with E-state index >= 15 is 0 Å². The van der Waals surface area contributed by atoms with Crippen molar-refractivity contribution in [3.8, 4) is 12.1 Å². The summed E-state index contributed by atoms with van der Waals surface area (Å²) in [5, 5.41) is 22.0. The average molecular weight is 339 g/mol. The maximum absolute atomic E-state index is 12.6. The van der Waals surface area contributed by atoms with Crippen LogP contribution in [0, 0.1) is 29.6 Å². The van der Waals surface area contributed by atoms with E-state index in [0.29, 0.717) is 22.3 Å². The van der Waals surface area contributed by atoms with Crippen molar-refractivity contribution in [2.45, 2.75) is 33.3 Å². The molecule has 3 N–H and O–H groups in total. The van der Waals surface area contributed by atoms with Crippen molar-refractivity contribution in [2.24, 2.45) is 5.10 Å². The summed E-state index contributed by atoms with van der Waals surface area (Å²) in [7, 11) is 0. The van der Waals surface area contributed by atoms with E-state index in [9.17, 15) is 4.79 Å². The summed E-state index contributed by atoms with van der Waals surface area (Å²) < 4.78 is 6.61. The number of rotatable bonds is 2. The molecule has 9 heteroatoms. The Hall–Kier alpha value is -3.59. The smallest absolute Gasteiger partial charge is 0.421 e. The van der Waals surface area contributed by atoms with E-state index in [1.165, 1.54) is 10.8 Å². The lowest BCUT2D eigenvalue weighted by atomic mass is 10.2. The van der Waals surface area contributed by atoms with Crippen LogP contribution in [0.5, 0.6) is 0 Å². The van der Waals surface area contributed by atoms with Crippen LogP contribution in [0.25, 0.3) is 11.0 Å². The van der Waals surface area contributed by atoms with Gasteiger partial charge in [0.2, 0.25) is 5.71 Å². The standard InChI is InChI=1S/C16H17N7O2/c1-9-12-5-10(19)8-20-14(12)23(15(24)25-16(2,3)4)13(9)22-21-11(6-17)7-18/h5,8,22H,19H2,1-4H3. The number of aromatic nitrogens is 2. The minimum absolute atomic E-state index is 0.241. The maximum atomic E-state index is 12.6. The number of pyridine rings is 1. The topological polar surface area (TPSA) is 142 Å². The van der Waals surface area contributed by atoms with Crippen molar-refractivity contribution < 1.29 is 9.53 Å². The van der Waals surface area contributed by atoms with Crippen LogP contribution in [-0.2, 0) is 4.74 Å². The fraction of sp³-hybridized carbons (Fsp3) is 0.312. The summed E-state index contributed by atoms with van der Waals surface area (Å²) >= 11 is 0. The van der Waals surface area contributed by atoms with Crippen molar-refractivity contribution in [1.82, 2.24) is 9.55 Å². The molecule has 0 aliphatic heterocycles. The Kier molecular flexibility index (Phi) is 4.61. The Morgan fingerprint density at radius 1 is 1.40 bits per heavy atom. The van der Waals surface area contributed by atoms with Crippen LogP contribution < -0.4 is 11.2 Å². The molecular weight excluding hydrogens is 322 g/mol. The van der Waals surface area contributed by atoms with Gasteiger partial charge in [0, 0.05) is 10.9 Å². The zero-order chi connectivity index (χ0) is 18.8. The summed E-state index contributed by atoms with van der Waals surface area (Å²) in [5.74, 6) is 0.241. The summed E-state index contributed by atoms with van der Waals surface area (Å²) in [6.45, 7) is 6.96. The highest BCUT2D eigenvalue weighted by atomic mass is 16.6. The Morgan fingerprint density at radius 2 is 2.04 bits per heavy atom. The van der Waals surface area contributed by atoms with Gasteiger partial charge in [-0.15, -0.1) is 0 Å². The molecule has 0 aromatic carbocycles. The van der Waals surface area contributed by atoms with Gasteiger partial charge in [-0.25, -0.2) is 14.3 Å². The van der Waals surface area contributed by atoms with Crippen molar-refractivity contribution in [3.63, 3.8) is 0 Å². The molecule has 0 aliphatic carbocycles. The molecule has 0 atom stereocenters. The molecule has 9 nitrogen and oxygen atoms in total. The molecule has 2 heterocycles. The fourth-order valence-electron chi connectivity index (χ4n) is 2.13. The van der Waals surface area contributed by atoms with Gasteiger partial charge in [0.25, 0.3) is 0 Å². The third-order valence-corrected chi connectivity index (χ3v) is 3.14. The SMILES string of the molecule is Cc1c(NN=C(C#N)C#N)n(C(=O)OC(C)(C)C)c2ncc(N)cc12. The molecule has 0 saturated carbocycles. The van der Waals surface area contributed by atoms with Gasteiger partial charge in [-0.2, -0.15) is 15.6 Å². The quantitative estimate of drug-likeness (QED) is 0.632. The predicted octanol–water partition coefficient (Wildman–Crippen LogP) is 2.53. The molecule has 2 aromatic heterocycles. The van der Waals surface area contributed by atoms with Crippen LogP contribution in [0.1, 0.15) is 26.3 Å². The number of nitrogen functional groups attached to an aromatic ring is 1. The summed E-state index contributed by atoms with van der Waals surface area (Å²) in [6.07, 6.45) is 0.752. The molecule has 0 spiro atoms. The molecule has 0 fully saturated rings. The van der Waals surface area contributed by atoms with E-state index in [1.54, 1.807) is 45.9 Å². The second kappa shape index (κ2) is 6.49. The van der Waals surface area contributed by atoms with E-state index in [1.807, 2.05) is 0 Å². The number of ether oxygens (including phenoxy) is 1. The number of nitrogens with zero attached hydrogens (tertiary/aromatic N) is 5. The number of aryl methyl sites for hydroxylation is 1. The van der Waals surface area contributed by atoms with Gasteiger partial charge in [-0.3, -0.25) is 5.43 Å². The molecule has 0 radical (unpaired) electrons. The first-order valence-electron chi connectivity index (χ1n) is 7.31. The van der Waals surface area contributed by atoms with Crippen molar-refractivity contribution in [2.75, 3.05) is 11.2 Å². The Morgan fingerprint density at radius 3 is 2.60 bits per heavy atom. The lowest BCUT2D eigenvalue weighted by Gasteiger charge is -2.20. The van der Waals surface area contributed by atoms with Gasteiger partial charge in [-0.1, -0.05) is 0 Å². The summed E-state index contributed by atoms with van der Waals surface area (Å²) in [4.78, 5) is 16.8. The molecule has 0 unspecified atom stereocenters. The molecule has 0 amide bonds. The van der Waals surface area contributed by atoms with Crippen LogP contribution in [0.2, 0.25) is 0 Å². The molecule has 128 valence electrons. The number of nitriles is 2. The third-order valence-electron chi connectivity index (χ3n) is 3.14. The highest BCUT2D eigenvalue weighted by Crippen LogP contribution is 2.30. The van der Waals surface area contributed by atoms with Gasteiger partial charge in [0.15, 0.2) is 5.65 Å². The minimum Gasteiger partial charge on any atom is -0.443 e. The van der Waals surface area contributed by atoms with Crippen molar-refractivity contribution >= 4 is 34.3 Å². The molecule has 2 rings (SSSR count). The van der Waals surface area contributed by atoms with Crippen molar-refractivity contribution in [3.05, 3.63) is 17.8 Å². The van der Waals surface area contributed by atoms with Crippen LogP contribution in [0.3, 0.4) is 0 Å². The monoisotopic (exact) mass is 339 g/mol. The molecular formula is C16H17N7O2. The fourth-order valence-corrected chi connectivity index (χ4v) is 2.13. The zero-order valence-electron chi connectivity index (χ0n) is 14.3. The second-order valence-electron chi connectivity index (χ2n) is 6.22. The van der Waals surface area contributed by atoms with Gasteiger partial charge >= 0.3 is 6.09 Å². The Balaban J connectivity index is 2.66. The number of anilines is 2. The van der Waals surface area contributed by atoms with Gasteiger partial charge in [0.1, 0.15) is 23.6 Å². The van der Waals surface area contributed by atoms with E-state index in [2.05, 4.69) is 15.5 Å². The first kappa shape index (κ1) is 17.8. The lowest BCUT2D eigenvalue weighted by molar-refractivity contribution is 0.0547. The van der Waals surface area contributed by atoms with Gasteiger partial charge < -0.3 is 10.5 Å². The van der Waals surface area contributed by atoms with Gasteiger partial charge in [-0.05, 0) is 33.8 Å². The molecule has 0 bridgehead atoms. The van der Waals surface area contributed by atoms with Crippen molar-refractivity contribution in [1.29, 1.82) is 10.5 Å². The Bertz CT molecular complexity index is 936. The second-order valence-corrected chi connectivity index (χ2v) is 6.22. The first-order valence-corrected chi connectivity index (χ1v) is 7.31. The number of hydrogen-bond acceptors (Lipinski definition) is 8. The number of hydrogen-bond donors (Lipinski definition) is 2. The van der Waals surface area contributed by atoms with E-state index in [-0.39, 0.29) is 11.5 Å². The Labute approximate surface area is 144 Å². The average Bonchev–Trinajstić information content (AvgIpc) is 2.79.